The topological polar surface area (TPSA) is 37.3 Å². The Morgan fingerprint density at radius 2 is 1.90 bits per heavy atom. The number of hydrogen-bond donors (Lipinski definition) is 1. The Balaban J connectivity index is 2.72. The number of aryl methyl sites for hydroxylation is 2. The standard InChI is InChI=1S/C17H20O2S/c1-12(6-5-7-13(2)10-17(18)19)8-9-16-14(3)11-20-15(16)4/h5-11H,1-4H3,(H,18,19)/b7-5?,9-8?,12-6?,13-10+. The normalized spacial score (nSPS) is 13.6. The zero-order valence-corrected chi connectivity index (χ0v) is 13.1. The summed E-state index contributed by atoms with van der Waals surface area (Å²) >= 11 is 1.76. The van der Waals surface area contributed by atoms with Crippen molar-refractivity contribution < 1.29 is 9.90 Å². The second-order valence-corrected chi connectivity index (χ2v) is 5.80. The molecular formula is C17H20O2S. The van der Waals surface area contributed by atoms with E-state index in [4.69, 9.17) is 5.11 Å². The maximum absolute atomic E-state index is 10.5. The first-order chi connectivity index (χ1) is 9.40. The summed E-state index contributed by atoms with van der Waals surface area (Å²) in [5.74, 6) is -0.920. The van der Waals surface area contributed by atoms with Crippen LogP contribution in [0.2, 0.25) is 0 Å². The molecule has 1 N–H and O–H groups in total. The summed E-state index contributed by atoms with van der Waals surface area (Å²) < 4.78 is 0. The van der Waals surface area contributed by atoms with Gasteiger partial charge in [0.15, 0.2) is 0 Å². The van der Waals surface area contributed by atoms with Gasteiger partial charge in [-0.05, 0) is 49.8 Å². The van der Waals surface area contributed by atoms with Crippen molar-refractivity contribution in [3.8, 4) is 0 Å². The van der Waals surface area contributed by atoms with Crippen molar-refractivity contribution in [3.05, 3.63) is 62.9 Å². The van der Waals surface area contributed by atoms with Crippen LogP contribution >= 0.6 is 11.3 Å². The lowest BCUT2D eigenvalue weighted by atomic mass is 10.1. The predicted molar refractivity (Wildman–Crippen MR) is 87.1 cm³/mol. The van der Waals surface area contributed by atoms with Gasteiger partial charge in [0.25, 0.3) is 0 Å². The fraction of sp³-hybridized carbons (Fsp3) is 0.235. The van der Waals surface area contributed by atoms with Gasteiger partial charge in [0, 0.05) is 11.0 Å². The van der Waals surface area contributed by atoms with Crippen LogP contribution in [0.15, 0.2) is 46.9 Å². The van der Waals surface area contributed by atoms with Crippen molar-refractivity contribution in [3.63, 3.8) is 0 Å². The van der Waals surface area contributed by atoms with Crippen LogP contribution in [0.5, 0.6) is 0 Å². The Kier molecular flexibility index (Phi) is 6.19. The molecule has 1 heterocycles. The molecule has 2 nitrogen and oxygen atoms in total. The summed E-state index contributed by atoms with van der Waals surface area (Å²) in [7, 11) is 0. The van der Waals surface area contributed by atoms with E-state index in [1.807, 2.05) is 19.1 Å². The lowest BCUT2D eigenvalue weighted by Gasteiger charge is -1.94. The van der Waals surface area contributed by atoms with E-state index < -0.39 is 5.97 Å². The first-order valence-electron chi connectivity index (χ1n) is 6.39. The van der Waals surface area contributed by atoms with Crippen LogP contribution in [0, 0.1) is 13.8 Å². The number of aliphatic carboxylic acids is 1. The number of rotatable bonds is 5. The van der Waals surface area contributed by atoms with Crippen LogP contribution in [0.25, 0.3) is 6.08 Å². The van der Waals surface area contributed by atoms with Gasteiger partial charge in [0.2, 0.25) is 0 Å². The fourth-order valence-corrected chi connectivity index (χ4v) is 2.53. The second-order valence-electron chi connectivity index (χ2n) is 4.72. The van der Waals surface area contributed by atoms with Gasteiger partial charge >= 0.3 is 5.97 Å². The monoisotopic (exact) mass is 288 g/mol. The molecule has 0 aromatic carbocycles. The highest BCUT2D eigenvalue weighted by Gasteiger charge is 1.99. The summed E-state index contributed by atoms with van der Waals surface area (Å²) in [5.41, 5.74) is 4.42. The van der Waals surface area contributed by atoms with Crippen LogP contribution in [-0.4, -0.2) is 11.1 Å². The number of allylic oxidation sites excluding steroid dienone is 6. The molecule has 1 rings (SSSR count). The van der Waals surface area contributed by atoms with Crippen molar-refractivity contribution in [2.45, 2.75) is 27.7 Å². The molecule has 3 heteroatoms. The smallest absolute Gasteiger partial charge is 0.328 e. The molecule has 0 aliphatic carbocycles. The molecule has 0 amide bonds. The first kappa shape index (κ1) is 16.2. The Hall–Kier alpha value is -1.87. The van der Waals surface area contributed by atoms with E-state index in [0.29, 0.717) is 0 Å². The summed E-state index contributed by atoms with van der Waals surface area (Å²) in [6, 6.07) is 0. The molecule has 0 aliphatic rings. The first-order valence-corrected chi connectivity index (χ1v) is 7.27. The zero-order valence-electron chi connectivity index (χ0n) is 12.3. The molecule has 0 saturated heterocycles. The largest absolute Gasteiger partial charge is 0.478 e. The molecule has 0 spiro atoms. The van der Waals surface area contributed by atoms with Gasteiger partial charge in [0.1, 0.15) is 0 Å². The van der Waals surface area contributed by atoms with Crippen molar-refractivity contribution in [2.24, 2.45) is 0 Å². The Morgan fingerprint density at radius 3 is 2.45 bits per heavy atom. The van der Waals surface area contributed by atoms with E-state index in [9.17, 15) is 4.79 Å². The number of carboxylic acid groups (broad SMARTS) is 1. The highest BCUT2D eigenvalue weighted by atomic mass is 32.1. The molecular weight excluding hydrogens is 268 g/mol. The number of carbonyl (C=O) groups is 1. The molecule has 0 unspecified atom stereocenters. The van der Waals surface area contributed by atoms with Crippen LogP contribution < -0.4 is 0 Å². The number of hydrogen-bond acceptors (Lipinski definition) is 2. The zero-order chi connectivity index (χ0) is 15.1. The molecule has 20 heavy (non-hydrogen) atoms. The van der Waals surface area contributed by atoms with Crippen LogP contribution in [0.1, 0.15) is 29.9 Å². The van der Waals surface area contributed by atoms with Crippen molar-refractivity contribution in [1.82, 2.24) is 0 Å². The summed E-state index contributed by atoms with van der Waals surface area (Å²) in [4.78, 5) is 11.8. The average molecular weight is 288 g/mol. The summed E-state index contributed by atoms with van der Waals surface area (Å²) in [5, 5.41) is 10.8. The predicted octanol–water partition coefficient (Wildman–Crippen LogP) is 4.91. The SMILES string of the molecule is CC(C=Cc1c(C)csc1C)=CC=C/C(C)=C/C(=O)O. The summed E-state index contributed by atoms with van der Waals surface area (Å²) in [6.07, 6.45) is 11.0. The van der Waals surface area contributed by atoms with Gasteiger partial charge in [-0.15, -0.1) is 11.3 Å². The fourth-order valence-electron chi connectivity index (χ4n) is 1.70. The molecule has 0 aliphatic heterocycles. The minimum Gasteiger partial charge on any atom is -0.478 e. The van der Waals surface area contributed by atoms with Crippen LogP contribution in [-0.2, 0) is 4.79 Å². The van der Waals surface area contributed by atoms with E-state index >= 15 is 0 Å². The number of thiophene rings is 1. The maximum Gasteiger partial charge on any atom is 0.328 e. The Morgan fingerprint density at radius 1 is 1.20 bits per heavy atom. The molecule has 0 saturated carbocycles. The van der Waals surface area contributed by atoms with E-state index in [1.54, 1.807) is 24.3 Å². The van der Waals surface area contributed by atoms with Crippen molar-refractivity contribution in [1.29, 1.82) is 0 Å². The highest BCUT2D eigenvalue weighted by molar-refractivity contribution is 7.10. The lowest BCUT2D eigenvalue weighted by molar-refractivity contribution is -0.131. The molecule has 1 aromatic rings. The third-order valence-electron chi connectivity index (χ3n) is 2.80. The summed E-state index contributed by atoms with van der Waals surface area (Å²) in [6.45, 7) is 8.02. The van der Waals surface area contributed by atoms with Gasteiger partial charge < -0.3 is 5.11 Å². The van der Waals surface area contributed by atoms with Gasteiger partial charge in [-0.3, -0.25) is 0 Å². The molecule has 0 fully saturated rings. The molecule has 106 valence electrons. The van der Waals surface area contributed by atoms with Gasteiger partial charge in [-0.1, -0.05) is 36.0 Å². The van der Waals surface area contributed by atoms with Crippen molar-refractivity contribution in [2.75, 3.05) is 0 Å². The minimum atomic E-state index is -0.920. The van der Waals surface area contributed by atoms with E-state index in [2.05, 4.69) is 31.4 Å². The highest BCUT2D eigenvalue weighted by Crippen LogP contribution is 2.22. The van der Waals surface area contributed by atoms with Gasteiger partial charge in [-0.25, -0.2) is 4.79 Å². The Labute approximate surface area is 124 Å². The van der Waals surface area contributed by atoms with E-state index in [1.165, 1.54) is 22.1 Å². The van der Waals surface area contributed by atoms with Crippen molar-refractivity contribution >= 4 is 23.4 Å². The van der Waals surface area contributed by atoms with Crippen LogP contribution in [0.4, 0.5) is 0 Å². The maximum atomic E-state index is 10.5. The Bertz CT molecular complexity index is 579. The minimum absolute atomic E-state index is 0.718. The van der Waals surface area contributed by atoms with Gasteiger partial charge in [-0.2, -0.15) is 0 Å². The molecule has 1 aromatic heterocycles. The third-order valence-corrected chi connectivity index (χ3v) is 3.84. The third kappa shape index (κ3) is 5.41. The average Bonchev–Trinajstić information content (AvgIpc) is 2.65. The van der Waals surface area contributed by atoms with E-state index in [-0.39, 0.29) is 0 Å². The van der Waals surface area contributed by atoms with Crippen LogP contribution in [0.3, 0.4) is 0 Å². The van der Waals surface area contributed by atoms with Gasteiger partial charge in [0.05, 0.1) is 0 Å². The van der Waals surface area contributed by atoms with E-state index in [0.717, 1.165) is 11.1 Å². The quantitative estimate of drug-likeness (QED) is 0.617. The molecule has 0 bridgehead atoms. The molecule has 0 atom stereocenters. The lowest BCUT2D eigenvalue weighted by Crippen LogP contribution is -1.87. The molecule has 0 radical (unpaired) electrons. The second kappa shape index (κ2) is 7.65. The number of carboxylic acids is 1.